The van der Waals surface area contributed by atoms with E-state index in [1.807, 2.05) is 11.8 Å². The van der Waals surface area contributed by atoms with Gasteiger partial charge in [-0.15, -0.1) is 0 Å². The molecule has 0 aromatic carbocycles. The van der Waals surface area contributed by atoms with Crippen LogP contribution in [-0.2, 0) is 6.42 Å². The highest BCUT2D eigenvalue weighted by Gasteiger charge is 2.37. The standard InChI is InChI=1S/C16H24N2O2/c1-2-13-14(17-12-20-13)15(19)18-10-8-16(9-11-18)6-4-3-5-7-16/h12H,2-11H2,1H3. The van der Waals surface area contributed by atoms with Crippen LogP contribution < -0.4 is 0 Å². The number of carbonyl (C=O) groups excluding carboxylic acids is 1. The molecule has 1 amide bonds. The van der Waals surface area contributed by atoms with Gasteiger partial charge in [0.25, 0.3) is 5.91 Å². The Kier molecular flexibility index (Phi) is 3.81. The maximum Gasteiger partial charge on any atom is 0.276 e. The number of carbonyl (C=O) groups is 1. The van der Waals surface area contributed by atoms with Gasteiger partial charge < -0.3 is 9.32 Å². The van der Waals surface area contributed by atoms with Crippen LogP contribution in [0, 0.1) is 5.41 Å². The molecule has 1 aromatic heterocycles. The van der Waals surface area contributed by atoms with Crippen LogP contribution in [-0.4, -0.2) is 28.9 Å². The second-order valence-corrected chi connectivity index (χ2v) is 6.33. The van der Waals surface area contributed by atoms with Crippen molar-refractivity contribution in [1.29, 1.82) is 0 Å². The van der Waals surface area contributed by atoms with E-state index in [0.717, 1.165) is 32.4 Å². The Balaban J connectivity index is 1.64. The van der Waals surface area contributed by atoms with Gasteiger partial charge in [0.15, 0.2) is 12.1 Å². The van der Waals surface area contributed by atoms with Crippen LogP contribution in [0.2, 0.25) is 0 Å². The summed E-state index contributed by atoms with van der Waals surface area (Å²) in [5.41, 5.74) is 1.05. The molecule has 1 aromatic rings. The lowest BCUT2D eigenvalue weighted by molar-refractivity contribution is 0.0466. The lowest BCUT2D eigenvalue weighted by atomic mass is 9.68. The fourth-order valence-corrected chi connectivity index (χ4v) is 3.83. The van der Waals surface area contributed by atoms with Gasteiger partial charge in [-0.2, -0.15) is 0 Å². The number of nitrogens with zero attached hydrogens (tertiary/aromatic N) is 2. The van der Waals surface area contributed by atoms with Crippen molar-refractivity contribution in [1.82, 2.24) is 9.88 Å². The maximum atomic E-state index is 12.5. The molecular weight excluding hydrogens is 252 g/mol. The zero-order chi connectivity index (χ0) is 14.0. The van der Waals surface area contributed by atoms with Crippen LogP contribution >= 0.6 is 0 Å². The molecule has 0 unspecified atom stereocenters. The lowest BCUT2D eigenvalue weighted by Crippen LogP contribution is -2.44. The SMILES string of the molecule is CCc1ocnc1C(=O)N1CCC2(CCCCC2)CC1. The van der Waals surface area contributed by atoms with Gasteiger partial charge in [0.1, 0.15) is 5.76 Å². The van der Waals surface area contributed by atoms with Crippen molar-refractivity contribution in [2.24, 2.45) is 5.41 Å². The summed E-state index contributed by atoms with van der Waals surface area (Å²) in [6, 6.07) is 0. The second-order valence-electron chi connectivity index (χ2n) is 6.33. The van der Waals surface area contributed by atoms with Gasteiger partial charge in [-0.05, 0) is 31.1 Å². The van der Waals surface area contributed by atoms with Crippen LogP contribution in [0.1, 0.15) is 68.1 Å². The molecule has 1 spiro atoms. The number of piperidine rings is 1. The molecule has 0 N–H and O–H groups in total. The molecule has 20 heavy (non-hydrogen) atoms. The third-order valence-corrected chi connectivity index (χ3v) is 5.19. The minimum Gasteiger partial charge on any atom is -0.448 e. The second kappa shape index (κ2) is 5.58. The topological polar surface area (TPSA) is 46.3 Å². The summed E-state index contributed by atoms with van der Waals surface area (Å²) in [5, 5.41) is 0. The molecule has 2 heterocycles. The van der Waals surface area contributed by atoms with E-state index < -0.39 is 0 Å². The van der Waals surface area contributed by atoms with E-state index in [-0.39, 0.29) is 5.91 Å². The Bertz CT molecular complexity index is 465. The molecule has 4 heteroatoms. The van der Waals surface area contributed by atoms with E-state index in [9.17, 15) is 4.79 Å². The van der Waals surface area contributed by atoms with E-state index in [1.165, 1.54) is 38.5 Å². The normalized spacial score (nSPS) is 22.1. The predicted molar refractivity (Wildman–Crippen MR) is 76.5 cm³/mol. The van der Waals surface area contributed by atoms with E-state index in [1.54, 1.807) is 0 Å². The number of rotatable bonds is 2. The zero-order valence-electron chi connectivity index (χ0n) is 12.4. The van der Waals surface area contributed by atoms with Crippen molar-refractivity contribution in [2.75, 3.05) is 13.1 Å². The van der Waals surface area contributed by atoms with Gasteiger partial charge in [0.2, 0.25) is 0 Å². The molecule has 0 atom stereocenters. The van der Waals surface area contributed by atoms with E-state index in [4.69, 9.17) is 4.42 Å². The smallest absolute Gasteiger partial charge is 0.276 e. The largest absolute Gasteiger partial charge is 0.448 e. The van der Waals surface area contributed by atoms with Crippen LogP contribution in [0.25, 0.3) is 0 Å². The highest BCUT2D eigenvalue weighted by atomic mass is 16.3. The van der Waals surface area contributed by atoms with Gasteiger partial charge in [-0.1, -0.05) is 26.2 Å². The number of hydrogen-bond donors (Lipinski definition) is 0. The van der Waals surface area contributed by atoms with Gasteiger partial charge in [0, 0.05) is 19.5 Å². The number of oxazole rings is 1. The summed E-state index contributed by atoms with van der Waals surface area (Å²) in [4.78, 5) is 18.6. The summed E-state index contributed by atoms with van der Waals surface area (Å²) in [5.74, 6) is 0.772. The van der Waals surface area contributed by atoms with Gasteiger partial charge in [-0.3, -0.25) is 4.79 Å². The quantitative estimate of drug-likeness (QED) is 0.831. The van der Waals surface area contributed by atoms with Gasteiger partial charge >= 0.3 is 0 Å². The number of amides is 1. The maximum absolute atomic E-state index is 12.5. The van der Waals surface area contributed by atoms with Crippen LogP contribution in [0.15, 0.2) is 10.8 Å². The Labute approximate surface area is 120 Å². The van der Waals surface area contributed by atoms with Crippen LogP contribution in [0.4, 0.5) is 0 Å². The molecule has 0 bridgehead atoms. The average molecular weight is 276 g/mol. The van der Waals surface area contributed by atoms with Crippen molar-refractivity contribution in [3.8, 4) is 0 Å². The first-order valence-corrected chi connectivity index (χ1v) is 7.96. The summed E-state index contributed by atoms with van der Waals surface area (Å²) in [7, 11) is 0. The van der Waals surface area contributed by atoms with E-state index in [0.29, 0.717) is 16.9 Å². The molecule has 3 rings (SSSR count). The Morgan fingerprint density at radius 2 is 1.95 bits per heavy atom. The zero-order valence-corrected chi connectivity index (χ0v) is 12.4. The van der Waals surface area contributed by atoms with Crippen molar-refractivity contribution in [3.05, 3.63) is 17.8 Å². The fourth-order valence-electron chi connectivity index (χ4n) is 3.83. The number of aryl methyl sites for hydroxylation is 1. The molecule has 1 saturated heterocycles. The van der Waals surface area contributed by atoms with Gasteiger partial charge in [-0.25, -0.2) is 4.98 Å². The van der Waals surface area contributed by atoms with Gasteiger partial charge in [0.05, 0.1) is 0 Å². The first-order valence-electron chi connectivity index (χ1n) is 7.96. The minimum atomic E-state index is 0.0567. The number of likely N-dealkylation sites (tertiary alicyclic amines) is 1. The summed E-state index contributed by atoms with van der Waals surface area (Å²) in [6.07, 6.45) is 11.3. The van der Waals surface area contributed by atoms with Crippen molar-refractivity contribution < 1.29 is 9.21 Å². The minimum absolute atomic E-state index is 0.0567. The molecule has 2 fully saturated rings. The number of aromatic nitrogens is 1. The third kappa shape index (κ3) is 2.48. The highest BCUT2D eigenvalue weighted by Crippen LogP contribution is 2.44. The Morgan fingerprint density at radius 1 is 1.25 bits per heavy atom. The third-order valence-electron chi connectivity index (χ3n) is 5.19. The lowest BCUT2D eigenvalue weighted by Gasteiger charge is -2.44. The van der Waals surface area contributed by atoms with Crippen molar-refractivity contribution in [2.45, 2.75) is 58.3 Å². The predicted octanol–water partition coefficient (Wildman–Crippen LogP) is 3.42. The molecular formula is C16H24N2O2. The van der Waals surface area contributed by atoms with Crippen LogP contribution in [0.3, 0.4) is 0 Å². The summed E-state index contributed by atoms with van der Waals surface area (Å²) in [6.45, 7) is 3.76. The van der Waals surface area contributed by atoms with E-state index >= 15 is 0 Å². The van der Waals surface area contributed by atoms with Crippen molar-refractivity contribution in [3.63, 3.8) is 0 Å². The molecule has 1 aliphatic heterocycles. The Hall–Kier alpha value is -1.32. The number of hydrogen-bond acceptors (Lipinski definition) is 3. The fraction of sp³-hybridized carbons (Fsp3) is 0.750. The van der Waals surface area contributed by atoms with E-state index in [2.05, 4.69) is 4.98 Å². The van der Waals surface area contributed by atoms with Crippen LogP contribution in [0.5, 0.6) is 0 Å². The summed E-state index contributed by atoms with van der Waals surface area (Å²) < 4.78 is 5.28. The summed E-state index contributed by atoms with van der Waals surface area (Å²) >= 11 is 0. The Morgan fingerprint density at radius 3 is 2.60 bits per heavy atom. The van der Waals surface area contributed by atoms with Crippen molar-refractivity contribution >= 4 is 5.91 Å². The molecule has 110 valence electrons. The molecule has 4 nitrogen and oxygen atoms in total. The molecule has 0 radical (unpaired) electrons. The molecule has 1 aliphatic carbocycles. The first-order chi connectivity index (χ1) is 9.74. The molecule has 1 saturated carbocycles. The monoisotopic (exact) mass is 276 g/mol. The molecule has 2 aliphatic rings. The average Bonchev–Trinajstić information content (AvgIpc) is 2.97. The highest BCUT2D eigenvalue weighted by molar-refractivity contribution is 5.93. The first kappa shape index (κ1) is 13.7.